The van der Waals surface area contributed by atoms with E-state index in [1.807, 2.05) is 17.7 Å². The van der Waals surface area contributed by atoms with Crippen LogP contribution < -0.4 is 5.32 Å². The zero-order valence-electron chi connectivity index (χ0n) is 17.5. The molecule has 1 aliphatic carbocycles. The van der Waals surface area contributed by atoms with E-state index >= 15 is 0 Å². The van der Waals surface area contributed by atoms with Crippen LogP contribution in [0, 0.1) is 6.92 Å². The summed E-state index contributed by atoms with van der Waals surface area (Å²) in [5, 5.41) is 10.8. The third-order valence-corrected chi connectivity index (χ3v) is 5.94. The first-order valence-corrected chi connectivity index (χ1v) is 11.1. The number of aromatic nitrogens is 3. The predicted octanol–water partition coefficient (Wildman–Crippen LogP) is 4.92. The number of nitrogens with zero attached hydrogens (tertiary/aromatic N) is 3. The van der Waals surface area contributed by atoms with Crippen molar-refractivity contribution < 1.29 is 4.79 Å². The highest BCUT2D eigenvalue weighted by Crippen LogP contribution is 2.41. The summed E-state index contributed by atoms with van der Waals surface area (Å²) in [6, 6.07) is 10.4. The average molecular weight is 409 g/mol. The maximum absolute atomic E-state index is 12.6. The number of hydrogen-bond donors (Lipinski definition) is 1. The lowest BCUT2D eigenvalue weighted by molar-refractivity contribution is 0.0947. The Kier molecular flexibility index (Phi) is 5.30. The molecule has 0 radical (unpaired) electrons. The van der Waals surface area contributed by atoms with E-state index < -0.39 is 0 Å². The quantitative estimate of drug-likeness (QED) is 0.630. The summed E-state index contributed by atoms with van der Waals surface area (Å²) in [6.07, 6.45) is 3.18. The molecule has 0 spiro atoms. The topological polar surface area (TPSA) is 59.8 Å². The monoisotopic (exact) mass is 408 g/mol. The first-order chi connectivity index (χ1) is 13.8. The van der Waals surface area contributed by atoms with Crippen molar-refractivity contribution in [3.8, 4) is 11.3 Å². The highest BCUT2D eigenvalue weighted by atomic mass is 32.1. The Balaban J connectivity index is 1.35. The second-order valence-corrected chi connectivity index (χ2v) is 9.83. The average Bonchev–Trinajstić information content (AvgIpc) is 3.26. The maximum atomic E-state index is 12.6. The van der Waals surface area contributed by atoms with E-state index in [1.165, 1.54) is 24.1 Å². The van der Waals surface area contributed by atoms with Gasteiger partial charge in [0.2, 0.25) is 0 Å². The van der Waals surface area contributed by atoms with E-state index in [4.69, 9.17) is 0 Å². The molecule has 0 bridgehead atoms. The summed E-state index contributed by atoms with van der Waals surface area (Å²) >= 11 is 1.66. The van der Waals surface area contributed by atoms with Gasteiger partial charge in [0, 0.05) is 29.1 Å². The number of hydrogen-bond acceptors (Lipinski definition) is 4. The SMILES string of the molecule is Cc1nc(-c2ccc(CCNC(=O)c3cc(C4CC4)n(C(C)(C)C)n3)cc2)cs1. The van der Waals surface area contributed by atoms with Crippen molar-refractivity contribution in [3.05, 3.63) is 57.7 Å². The Bertz CT molecular complexity index is 1010. The van der Waals surface area contributed by atoms with Crippen LogP contribution in [0.4, 0.5) is 0 Å². The third kappa shape index (κ3) is 4.58. The number of rotatable bonds is 6. The molecule has 3 aromatic rings. The summed E-state index contributed by atoms with van der Waals surface area (Å²) in [5.74, 6) is 0.466. The van der Waals surface area contributed by atoms with Crippen LogP contribution in [0.5, 0.6) is 0 Å². The number of aryl methyl sites for hydroxylation is 1. The second kappa shape index (κ2) is 7.75. The Morgan fingerprint density at radius 3 is 2.55 bits per heavy atom. The summed E-state index contributed by atoms with van der Waals surface area (Å²) < 4.78 is 2.03. The molecule has 1 N–H and O–H groups in total. The van der Waals surface area contributed by atoms with Crippen LogP contribution in [0.2, 0.25) is 0 Å². The number of carbonyl (C=O) groups excluding carboxylic acids is 1. The molecule has 1 aliphatic rings. The van der Waals surface area contributed by atoms with Crippen LogP contribution in [0.15, 0.2) is 35.7 Å². The minimum absolute atomic E-state index is 0.0931. The molecule has 1 fully saturated rings. The number of amides is 1. The van der Waals surface area contributed by atoms with E-state index in [2.05, 4.69) is 65.8 Å². The zero-order chi connectivity index (χ0) is 20.6. The standard InChI is InChI=1S/C23H28N4OS/c1-15-25-20(14-29-15)17-7-5-16(6-8-17)11-12-24-22(28)19-13-21(18-9-10-18)27(26-19)23(2,3)4/h5-8,13-14,18H,9-12H2,1-4H3,(H,24,28). The first kappa shape index (κ1) is 19.8. The molecule has 1 amide bonds. The minimum Gasteiger partial charge on any atom is -0.350 e. The Hall–Kier alpha value is -2.47. The zero-order valence-corrected chi connectivity index (χ0v) is 18.3. The van der Waals surface area contributed by atoms with Crippen molar-refractivity contribution in [1.29, 1.82) is 0 Å². The van der Waals surface area contributed by atoms with Crippen LogP contribution in [0.3, 0.4) is 0 Å². The van der Waals surface area contributed by atoms with Gasteiger partial charge in [-0.05, 0) is 58.6 Å². The van der Waals surface area contributed by atoms with Gasteiger partial charge >= 0.3 is 0 Å². The van der Waals surface area contributed by atoms with Gasteiger partial charge in [0.15, 0.2) is 0 Å². The molecule has 29 heavy (non-hydrogen) atoms. The van der Waals surface area contributed by atoms with Crippen LogP contribution >= 0.6 is 11.3 Å². The van der Waals surface area contributed by atoms with E-state index in [1.54, 1.807) is 11.3 Å². The van der Waals surface area contributed by atoms with Crippen LogP contribution in [-0.4, -0.2) is 27.2 Å². The van der Waals surface area contributed by atoms with Crippen molar-refractivity contribution in [2.24, 2.45) is 0 Å². The van der Waals surface area contributed by atoms with Crippen molar-refractivity contribution in [1.82, 2.24) is 20.1 Å². The Morgan fingerprint density at radius 1 is 1.24 bits per heavy atom. The molecule has 0 atom stereocenters. The van der Waals surface area contributed by atoms with E-state index in [9.17, 15) is 4.79 Å². The summed E-state index contributed by atoms with van der Waals surface area (Å²) in [5.41, 5.74) is 4.94. The molecule has 0 unspecified atom stereocenters. The van der Waals surface area contributed by atoms with Gasteiger partial charge in [0.05, 0.1) is 16.2 Å². The predicted molar refractivity (Wildman–Crippen MR) is 118 cm³/mol. The Morgan fingerprint density at radius 2 is 1.97 bits per heavy atom. The van der Waals surface area contributed by atoms with Gasteiger partial charge in [-0.3, -0.25) is 9.48 Å². The number of benzene rings is 1. The van der Waals surface area contributed by atoms with Crippen LogP contribution in [-0.2, 0) is 12.0 Å². The maximum Gasteiger partial charge on any atom is 0.271 e. The molecule has 0 aliphatic heterocycles. The van der Waals surface area contributed by atoms with Crippen molar-refractivity contribution >= 4 is 17.2 Å². The lowest BCUT2D eigenvalue weighted by Crippen LogP contribution is -2.28. The van der Waals surface area contributed by atoms with Gasteiger partial charge < -0.3 is 5.32 Å². The largest absolute Gasteiger partial charge is 0.350 e. The summed E-state index contributed by atoms with van der Waals surface area (Å²) in [4.78, 5) is 17.1. The molecule has 152 valence electrons. The number of nitrogens with one attached hydrogen (secondary N) is 1. The first-order valence-electron chi connectivity index (χ1n) is 10.2. The fourth-order valence-corrected chi connectivity index (χ4v) is 4.08. The van der Waals surface area contributed by atoms with Gasteiger partial charge in [-0.1, -0.05) is 24.3 Å². The Labute approximate surface area is 176 Å². The second-order valence-electron chi connectivity index (χ2n) is 8.77. The van der Waals surface area contributed by atoms with Crippen LogP contribution in [0.25, 0.3) is 11.3 Å². The molecule has 0 saturated heterocycles. The van der Waals surface area contributed by atoms with E-state index in [0.717, 1.165) is 22.7 Å². The highest BCUT2D eigenvalue weighted by molar-refractivity contribution is 7.09. The lowest BCUT2D eigenvalue weighted by Gasteiger charge is -2.22. The molecule has 2 heterocycles. The number of thiazole rings is 1. The molecule has 6 heteroatoms. The van der Waals surface area contributed by atoms with Crippen LogP contribution in [0.1, 0.15) is 66.3 Å². The van der Waals surface area contributed by atoms with Crippen molar-refractivity contribution in [2.45, 2.75) is 58.4 Å². The van der Waals surface area contributed by atoms with E-state index in [-0.39, 0.29) is 11.4 Å². The fourth-order valence-electron chi connectivity index (χ4n) is 3.46. The molecule has 5 nitrogen and oxygen atoms in total. The van der Waals surface area contributed by atoms with Gasteiger partial charge in [0.25, 0.3) is 5.91 Å². The summed E-state index contributed by atoms with van der Waals surface area (Å²) in [6.45, 7) is 9.00. The molecule has 1 saturated carbocycles. The van der Waals surface area contributed by atoms with Gasteiger partial charge in [-0.15, -0.1) is 11.3 Å². The molecule has 1 aromatic carbocycles. The fraction of sp³-hybridized carbons (Fsp3) is 0.435. The smallest absolute Gasteiger partial charge is 0.271 e. The molecular formula is C23H28N4OS. The number of carbonyl (C=O) groups is 1. The lowest BCUT2D eigenvalue weighted by atomic mass is 10.1. The normalized spacial score (nSPS) is 14.2. The van der Waals surface area contributed by atoms with Gasteiger partial charge in [-0.25, -0.2) is 4.98 Å². The highest BCUT2D eigenvalue weighted by Gasteiger charge is 2.32. The van der Waals surface area contributed by atoms with E-state index in [0.29, 0.717) is 18.2 Å². The third-order valence-electron chi connectivity index (χ3n) is 5.17. The molecule has 2 aromatic heterocycles. The van der Waals surface area contributed by atoms with Gasteiger partial charge in [0.1, 0.15) is 5.69 Å². The van der Waals surface area contributed by atoms with Crippen molar-refractivity contribution in [2.75, 3.05) is 6.54 Å². The minimum atomic E-state index is -0.117. The van der Waals surface area contributed by atoms with Gasteiger partial charge in [-0.2, -0.15) is 5.10 Å². The van der Waals surface area contributed by atoms with Crippen molar-refractivity contribution in [3.63, 3.8) is 0 Å². The summed E-state index contributed by atoms with van der Waals surface area (Å²) in [7, 11) is 0. The molecular weight excluding hydrogens is 380 g/mol. The molecule has 4 rings (SSSR count).